The van der Waals surface area contributed by atoms with Gasteiger partial charge in [-0.2, -0.15) is 0 Å². The Morgan fingerprint density at radius 3 is 2.61 bits per heavy atom. The van der Waals surface area contributed by atoms with Gasteiger partial charge in [0, 0.05) is 36.3 Å². The number of nitrogens with one attached hydrogen (secondary N) is 3. The molecular formula is C27H29N5O4. The zero-order chi connectivity index (χ0) is 25.5. The number of hydrogen-bond acceptors (Lipinski definition) is 5. The number of likely N-dealkylation sites (tertiary alicyclic amines) is 1. The van der Waals surface area contributed by atoms with Crippen LogP contribution in [0.15, 0.2) is 42.5 Å². The van der Waals surface area contributed by atoms with Crippen LogP contribution in [0.5, 0.6) is 5.75 Å². The third-order valence-electron chi connectivity index (χ3n) is 6.32. The van der Waals surface area contributed by atoms with Gasteiger partial charge in [0.2, 0.25) is 6.41 Å². The first-order valence-electron chi connectivity index (χ1n) is 11.9. The summed E-state index contributed by atoms with van der Waals surface area (Å²) in [6.07, 6.45) is 3.72. The van der Waals surface area contributed by atoms with Crippen molar-refractivity contribution in [1.82, 2.24) is 20.4 Å². The predicted molar refractivity (Wildman–Crippen MR) is 135 cm³/mol. The highest BCUT2D eigenvalue weighted by molar-refractivity contribution is 5.99. The van der Waals surface area contributed by atoms with Crippen molar-refractivity contribution < 1.29 is 19.1 Å². The first-order valence-corrected chi connectivity index (χ1v) is 11.9. The molecule has 9 heteroatoms. The summed E-state index contributed by atoms with van der Waals surface area (Å²) in [6, 6.07) is 11.4. The highest BCUT2D eigenvalue weighted by Gasteiger charge is 2.29. The van der Waals surface area contributed by atoms with Crippen LogP contribution in [0.2, 0.25) is 0 Å². The molecule has 0 radical (unpaired) electrons. The fraction of sp³-hybridized carbons (Fsp3) is 0.333. The number of urea groups is 1. The van der Waals surface area contributed by atoms with Gasteiger partial charge in [-0.3, -0.25) is 20.3 Å². The minimum absolute atomic E-state index is 0.146. The number of benzene rings is 2. The maximum atomic E-state index is 12.9. The topological polar surface area (TPSA) is 115 Å². The van der Waals surface area contributed by atoms with Gasteiger partial charge in [0.15, 0.2) is 0 Å². The number of fused-ring (bicyclic) bond motifs is 1. The molecule has 1 saturated heterocycles. The fourth-order valence-electron chi connectivity index (χ4n) is 4.40. The molecular weight excluding hydrogens is 458 g/mol. The predicted octanol–water partition coefficient (Wildman–Crippen LogP) is 2.34. The van der Waals surface area contributed by atoms with Gasteiger partial charge in [0.05, 0.1) is 13.7 Å². The molecule has 2 aromatic rings. The van der Waals surface area contributed by atoms with Gasteiger partial charge in [-0.25, -0.2) is 4.79 Å². The standard InChI is InChI=1S/C27H29N5O4/c1-36-23-12-10-21-16-32(26(34)24(21)15-23)17-22(30-27(35)29-18-33)11-7-19-5-8-20(9-6-19)25(28)31-13-3-2-4-14-31/h5-6,8-10,12,15,18,22,28H,2-4,13-14,16-17H2,1H3,(H2,29,30,33,35)/t22-/m1/s1. The van der Waals surface area contributed by atoms with E-state index in [0.29, 0.717) is 35.7 Å². The molecule has 4 rings (SSSR count). The molecule has 2 aliphatic rings. The molecule has 2 aromatic carbocycles. The van der Waals surface area contributed by atoms with Gasteiger partial charge in [0.25, 0.3) is 5.91 Å². The number of carbonyl (C=O) groups excluding carboxylic acids is 3. The average molecular weight is 488 g/mol. The Kier molecular flexibility index (Phi) is 7.85. The molecule has 2 heterocycles. The molecule has 36 heavy (non-hydrogen) atoms. The summed E-state index contributed by atoms with van der Waals surface area (Å²) in [6.45, 7) is 2.35. The molecule has 0 aromatic heterocycles. The zero-order valence-corrected chi connectivity index (χ0v) is 20.2. The summed E-state index contributed by atoms with van der Waals surface area (Å²) >= 11 is 0. The Morgan fingerprint density at radius 1 is 1.17 bits per heavy atom. The van der Waals surface area contributed by atoms with Crippen molar-refractivity contribution in [3.05, 3.63) is 64.7 Å². The lowest BCUT2D eigenvalue weighted by atomic mass is 10.1. The Labute approximate surface area is 210 Å². The van der Waals surface area contributed by atoms with E-state index < -0.39 is 12.1 Å². The summed E-state index contributed by atoms with van der Waals surface area (Å²) < 4.78 is 5.22. The molecule has 1 fully saturated rings. The van der Waals surface area contributed by atoms with Crippen LogP contribution < -0.4 is 15.4 Å². The van der Waals surface area contributed by atoms with Crippen molar-refractivity contribution in [2.75, 3.05) is 26.7 Å². The van der Waals surface area contributed by atoms with Gasteiger partial charge in [0.1, 0.15) is 17.6 Å². The Bertz CT molecular complexity index is 1210. The number of ether oxygens (including phenoxy) is 1. The normalized spacial score (nSPS) is 15.3. The maximum absolute atomic E-state index is 12.9. The Morgan fingerprint density at radius 2 is 1.92 bits per heavy atom. The number of hydrogen-bond donors (Lipinski definition) is 3. The van der Waals surface area contributed by atoms with Gasteiger partial charge in [-0.1, -0.05) is 30.0 Å². The molecule has 3 N–H and O–H groups in total. The van der Waals surface area contributed by atoms with E-state index in [-0.39, 0.29) is 12.5 Å². The van der Waals surface area contributed by atoms with Gasteiger partial charge in [-0.05, 0) is 49.1 Å². The molecule has 186 valence electrons. The van der Waals surface area contributed by atoms with Crippen LogP contribution in [0.3, 0.4) is 0 Å². The van der Waals surface area contributed by atoms with E-state index in [4.69, 9.17) is 10.1 Å². The smallest absolute Gasteiger partial charge is 0.322 e. The van der Waals surface area contributed by atoms with Crippen molar-refractivity contribution in [1.29, 1.82) is 5.41 Å². The molecule has 9 nitrogen and oxygen atoms in total. The maximum Gasteiger partial charge on any atom is 0.322 e. The molecule has 2 aliphatic heterocycles. The van der Waals surface area contributed by atoms with E-state index in [1.807, 2.05) is 35.6 Å². The van der Waals surface area contributed by atoms with Crippen LogP contribution in [-0.2, 0) is 11.3 Å². The van der Waals surface area contributed by atoms with Crippen LogP contribution in [0, 0.1) is 17.3 Å². The number of amidine groups is 1. The van der Waals surface area contributed by atoms with Crippen LogP contribution in [0.25, 0.3) is 0 Å². The number of piperidine rings is 1. The third kappa shape index (κ3) is 5.84. The van der Waals surface area contributed by atoms with E-state index in [1.165, 1.54) is 6.42 Å². The van der Waals surface area contributed by atoms with Crippen LogP contribution >= 0.6 is 0 Å². The van der Waals surface area contributed by atoms with E-state index >= 15 is 0 Å². The number of nitrogens with zero attached hydrogens (tertiary/aromatic N) is 2. The third-order valence-corrected chi connectivity index (χ3v) is 6.32. The largest absolute Gasteiger partial charge is 0.497 e. The lowest BCUT2D eigenvalue weighted by Gasteiger charge is -2.29. The molecule has 0 spiro atoms. The second kappa shape index (κ2) is 11.4. The summed E-state index contributed by atoms with van der Waals surface area (Å²) in [5, 5.41) is 13.2. The fourth-order valence-corrected chi connectivity index (χ4v) is 4.40. The summed E-state index contributed by atoms with van der Waals surface area (Å²) in [5.74, 6) is 7.00. The first kappa shape index (κ1) is 24.8. The van der Waals surface area contributed by atoms with Crippen molar-refractivity contribution in [2.45, 2.75) is 31.8 Å². The highest BCUT2D eigenvalue weighted by Crippen LogP contribution is 2.26. The number of rotatable bonds is 6. The Balaban J connectivity index is 1.47. The molecule has 0 bridgehead atoms. The molecule has 4 amide bonds. The molecule has 0 saturated carbocycles. The molecule has 0 aliphatic carbocycles. The first-order chi connectivity index (χ1) is 17.5. The van der Waals surface area contributed by atoms with Crippen molar-refractivity contribution in [2.24, 2.45) is 0 Å². The average Bonchev–Trinajstić information content (AvgIpc) is 3.22. The van der Waals surface area contributed by atoms with Crippen LogP contribution in [0.1, 0.15) is 46.3 Å². The number of carbonyl (C=O) groups is 3. The van der Waals surface area contributed by atoms with Gasteiger partial charge < -0.3 is 19.9 Å². The highest BCUT2D eigenvalue weighted by atomic mass is 16.5. The summed E-state index contributed by atoms with van der Waals surface area (Å²) in [4.78, 5) is 39.3. The van der Waals surface area contributed by atoms with E-state index in [0.717, 1.165) is 37.1 Å². The SMILES string of the molecule is COc1ccc2c(c1)C(=O)N(C[C@@H](C#Cc1ccc(C(=N)N3CCCCC3)cc1)NC(=O)NC=O)C2. The number of amides is 4. The monoisotopic (exact) mass is 487 g/mol. The van der Waals surface area contributed by atoms with Gasteiger partial charge >= 0.3 is 6.03 Å². The lowest BCUT2D eigenvalue weighted by molar-refractivity contribution is -0.108. The minimum atomic E-state index is -0.712. The zero-order valence-electron chi connectivity index (χ0n) is 20.2. The molecule has 0 unspecified atom stereocenters. The van der Waals surface area contributed by atoms with Crippen LogP contribution in [-0.4, -0.2) is 66.8 Å². The molecule has 1 atom stereocenters. The van der Waals surface area contributed by atoms with Crippen molar-refractivity contribution in [3.63, 3.8) is 0 Å². The van der Waals surface area contributed by atoms with Crippen LogP contribution in [0.4, 0.5) is 4.79 Å². The van der Waals surface area contributed by atoms with E-state index in [2.05, 4.69) is 22.1 Å². The van der Waals surface area contributed by atoms with E-state index in [1.54, 1.807) is 24.1 Å². The lowest BCUT2D eigenvalue weighted by Crippen LogP contribution is -2.46. The number of methoxy groups -OCH3 is 1. The summed E-state index contributed by atoms with van der Waals surface area (Å²) in [5.41, 5.74) is 2.98. The minimum Gasteiger partial charge on any atom is -0.497 e. The quantitative estimate of drug-likeness (QED) is 0.250. The van der Waals surface area contributed by atoms with E-state index in [9.17, 15) is 14.4 Å². The summed E-state index contributed by atoms with van der Waals surface area (Å²) in [7, 11) is 1.54. The van der Waals surface area contributed by atoms with Crippen molar-refractivity contribution in [3.8, 4) is 17.6 Å². The van der Waals surface area contributed by atoms with Gasteiger partial charge in [-0.15, -0.1) is 0 Å². The second-order valence-corrected chi connectivity index (χ2v) is 8.74. The Hall–Kier alpha value is -4.32. The van der Waals surface area contributed by atoms with Crippen molar-refractivity contribution >= 4 is 24.2 Å². The number of imide groups is 1. The second-order valence-electron chi connectivity index (χ2n) is 8.74.